The Hall–Kier alpha value is -0.880. The molecule has 0 aliphatic carbocycles. The van der Waals surface area contributed by atoms with Gasteiger partial charge in [0.25, 0.3) is 0 Å². The molecule has 1 aromatic heterocycles. The van der Waals surface area contributed by atoms with E-state index in [-0.39, 0.29) is 4.87 Å². The Balaban J connectivity index is 2.43. The lowest BCUT2D eigenvalue weighted by Crippen LogP contribution is -2.32. The van der Waals surface area contributed by atoms with Crippen molar-refractivity contribution in [3.05, 3.63) is 20.7 Å². The quantitative estimate of drug-likeness (QED) is 0.594. The number of hydrogen-bond donors (Lipinski definition) is 3. The highest BCUT2D eigenvalue weighted by molar-refractivity contribution is 7.80. The molecule has 1 rings (SSSR count). The van der Waals surface area contributed by atoms with Crippen molar-refractivity contribution in [2.45, 2.75) is 6.54 Å². The molecule has 0 bridgehead atoms. The van der Waals surface area contributed by atoms with Crippen molar-refractivity contribution in [1.82, 2.24) is 15.6 Å². The fourth-order valence-electron chi connectivity index (χ4n) is 0.664. The molecule has 66 valence electrons. The molecular weight excluding hydrogens is 194 g/mol. The summed E-state index contributed by atoms with van der Waals surface area (Å²) >= 11 is 6.00. The molecule has 6 heteroatoms. The first-order chi connectivity index (χ1) is 5.72. The summed E-state index contributed by atoms with van der Waals surface area (Å²) in [5.74, 6) is 0. The number of thiocarbonyl (C=S) groups is 1. The fraction of sp³-hybridized carbons (Fsp3) is 0.333. The topological polar surface area (TPSA) is 56.9 Å². The highest BCUT2D eigenvalue weighted by atomic mass is 32.1. The summed E-state index contributed by atoms with van der Waals surface area (Å²) in [6, 6.07) is 0. The normalized spacial score (nSPS) is 9.42. The lowest BCUT2D eigenvalue weighted by Gasteiger charge is -2.03. The van der Waals surface area contributed by atoms with Gasteiger partial charge in [0.15, 0.2) is 5.11 Å². The molecule has 0 radical (unpaired) electrons. The Morgan fingerprint density at radius 1 is 1.83 bits per heavy atom. The standard InChI is InChI=1S/C6H9N3OS2/c1-7-5(11)8-2-4-3-12-6(10)9-4/h3H,2H2,1H3,(H,9,10)(H2,7,8,11). The van der Waals surface area contributed by atoms with Crippen LogP contribution in [0.3, 0.4) is 0 Å². The second-order valence-electron chi connectivity index (χ2n) is 2.11. The molecule has 1 heterocycles. The molecule has 0 saturated heterocycles. The molecule has 4 nitrogen and oxygen atoms in total. The third-order valence-electron chi connectivity index (χ3n) is 1.24. The minimum atomic E-state index is -0.0397. The Morgan fingerprint density at radius 3 is 3.08 bits per heavy atom. The van der Waals surface area contributed by atoms with Gasteiger partial charge in [0.2, 0.25) is 0 Å². The molecule has 0 saturated carbocycles. The van der Waals surface area contributed by atoms with Crippen molar-refractivity contribution in [2.24, 2.45) is 0 Å². The molecule has 3 N–H and O–H groups in total. The zero-order chi connectivity index (χ0) is 8.97. The Bertz CT molecular complexity index is 317. The average molecular weight is 203 g/mol. The molecule has 0 fully saturated rings. The summed E-state index contributed by atoms with van der Waals surface area (Å²) in [5.41, 5.74) is 0.850. The number of thiazole rings is 1. The van der Waals surface area contributed by atoms with Crippen LogP contribution in [0.5, 0.6) is 0 Å². The number of aromatic nitrogens is 1. The van der Waals surface area contributed by atoms with Crippen molar-refractivity contribution in [3.8, 4) is 0 Å². The number of hydrogen-bond acceptors (Lipinski definition) is 3. The van der Waals surface area contributed by atoms with Crippen LogP contribution in [0.25, 0.3) is 0 Å². The van der Waals surface area contributed by atoms with Crippen LogP contribution in [0, 0.1) is 0 Å². The third-order valence-corrected chi connectivity index (χ3v) is 2.30. The van der Waals surface area contributed by atoms with Crippen LogP contribution >= 0.6 is 23.6 Å². The molecule has 0 amide bonds. The predicted molar refractivity (Wildman–Crippen MR) is 53.4 cm³/mol. The first-order valence-corrected chi connectivity index (χ1v) is 4.63. The van der Waals surface area contributed by atoms with Crippen LogP contribution in [0.1, 0.15) is 5.69 Å². The minimum Gasteiger partial charge on any atom is -0.366 e. The molecule has 0 atom stereocenters. The van der Waals surface area contributed by atoms with Crippen LogP contribution in [0.4, 0.5) is 0 Å². The predicted octanol–water partition coefficient (Wildman–Crippen LogP) is 0.0303. The second kappa shape index (κ2) is 4.22. The van der Waals surface area contributed by atoms with Gasteiger partial charge in [0.05, 0.1) is 6.54 Å². The average Bonchev–Trinajstić information content (AvgIpc) is 2.47. The zero-order valence-corrected chi connectivity index (χ0v) is 8.14. The summed E-state index contributed by atoms with van der Waals surface area (Å²) in [5, 5.41) is 8.04. The number of H-pyrrole nitrogens is 1. The van der Waals surface area contributed by atoms with Gasteiger partial charge >= 0.3 is 4.87 Å². The summed E-state index contributed by atoms with van der Waals surface area (Å²) in [7, 11) is 1.74. The van der Waals surface area contributed by atoms with E-state index < -0.39 is 0 Å². The first kappa shape index (κ1) is 9.21. The van der Waals surface area contributed by atoms with Gasteiger partial charge in [-0.3, -0.25) is 4.79 Å². The van der Waals surface area contributed by atoms with Gasteiger partial charge in [0, 0.05) is 18.1 Å². The van der Waals surface area contributed by atoms with E-state index in [1.54, 1.807) is 12.4 Å². The number of nitrogens with one attached hydrogen (secondary N) is 3. The van der Waals surface area contributed by atoms with Gasteiger partial charge in [-0.2, -0.15) is 0 Å². The summed E-state index contributed by atoms with van der Waals surface area (Å²) < 4.78 is 0. The van der Waals surface area contributed by atoms with Crippen LogP contribution < -0.4 is 15.5 Å². The molecule has 12 heavy (non-hydrogen) atoms. The third kappa shape index (κ3) is 2.63. The van der Waals surface area contributed by atoms with Gasteiger partial charge in [-0.15, -0.1) is 0 Å². The zero-order valence-electron chi connectivity index (χ0n) is 6.51. The van der Waals surface area contributed by atoms with Gasteiger partial charge < -0.3 is 15.6 Å². The van der Waals surface area contributed by atoms with Crippen LogP contribution in [-0.4, -0.2) is 17.1 Å². The fourth-order valence-corrected chi connectivity index (χ4v) is 1.32. The van der Waals surface area contributed by atoms with Gasteiger partial charge in [-0.1, -0.05) is 11.3 Å². The van der Waals surface area contributed by atoms with Crippen LogP contribution in [0.15, 0.2) is 10.2 Å². The maximum absolute atomic E-state index is 10.7. The van der Waals surface area contributed by atoms with Crippen molar-refractivity contribution in [1.29, 1.82) is 0 Å². The second-order valence-corrected chi connectivity index (χ2v) is 3.36. The highest BCUT2D eigenvalue weighted by Gasteiger charge is 1.96. The van der Waals surface area contributed by atoms with E-state index in [9.17, 15) is 4.79 Å². The smallest absolute Gasteiger partial charge is 0.304 e. The van der Waals surface area contributed by atoms with Crippen molar-refractivity contribution in [2.75, 3.05) is 7.05 Å². The van der Waals surface area contributed by atoms with Gasteiger partial charge in [-0.05, 0) is 12.2 Å². The van der Waals surface area contributed by atoms with E-state index in [1.165, 1.54) is 0 Å². The van der Waals surface area contributed by atoms with E-state index in [4.69, 9.17) is 12.2 Å². The van der Waals surface area contributed by atoms with E-state index in [1.807, 2.05) is 0 Å². The maximum atomic E-state index is 10.7. The van der Waals surface area contributed by atoms with Gasteiger partial charge in [0.1, 0.15) is 0 Å². The Kier molecular flexibility index (Phi) is 3.24. The SMILES string of the molecule is CNC(=S)NCc1csc(=O)[nH]1. The molecule has 0 aromatic carbocycles. The van der Waals surface area contributed by atoms with E-state index in [2.05, 4.69) is 15.6 Å². The van der Waals surface area contributed by atoms with Crippen molar-refractivity contribution in [3.63, 3.8) is 0 Å². The molecule has 0 unspecified atom stereocenters. The lowest BCUT2D eigenvalue weighted by molar-refractivity contribution is 0.861. The van der Waals surface area contributed by atoms with Crippen molar-refractivity contribution >= 4 is 28.7 Å². The molecular formula is C6H9N3OS2. The molecule has 0 aliphatic rings. The Labute approximate surface area is 79.0 Å². The summed E-state index contributed by atoms with van der Waals surface area (Å²) in [6.07, 6.45) is 0. The minimum absolute atomic E-state index is 0.0397. The molecule has 0 aliphatic heterocycles. The molecule has 1 aromatic rings. The molecule has 0 spiro atoms. The summed E-state index contributed by atoms with van der Waals surface area (Å²) in [4.78, 5) is 13.3. The van der Waals surface area contributed by atoms with E-state index in [0.717, 1.165) is 17.0 Å². The highest BCUT2D eigenvalue weighted by Crippen LogP contribution is 1.93. The van der Waals surface area contributed by atoms with Gasteiger partial charge in [-0.25, -0.2) is 0 Å². The monoisotopic (exact) mass is 203 g/mol. The number of rotatable bonds is 2. The van der Waals surface area contributed by atoms with Crippen molar-refractivity contribution < 1.29 is 0 Å². The maximum Gasteiger partial charge on any atom is 0.304 e. The van der Waals surface area contributed by atoms with E-state index in [0.29, 0.717) is 11.7 Å². The Morgan fingerprint density at radius 2 is 2.58 bits per heavy atom. The van der Waals surface area contributed by atoms with Crippen LogP contribution in [-0.2, 0) is 6.54 Å². The van der Waals surface area contributed by atoms with Crippen LogP contribution in [0.2, 0.25) is 0 Å². The largest absolute Gasteiger partial charge is 0.366 e. The first-order valence-electron chi connectivity index (χ1n) is 3.34. The lowest BCUT2D eigenvalue weighted by atomic mass is 10.5. The summed E-state index contributed by atoms with van der Waals surface area (Å²) in [6.45, 7) is 0.554. The number of aromatic amines is 1. The van der Waals surface area contributed by atoms with E-state index >= 15 is 0 Å².